The summed E-state index contributed by atoms with van der Waals surface area (Å²) in [5, 5.41) is 10.3. The molecule has 2 amide bonds. The number of nitrogens with zero attached hydrogens (tertiary/aromatic N) is 2. The summed E-state index contributed by atoms with van der Waals surface area (Å²) >= 11 is 0. The first-order chi connectivity index (χ1) is 14.5. The molecule has 0 aliphatic carbocycles. The van der Waals surface area contributed by atoms with Crippen molar-refractivity contribution in [3.05, 3.63) is 77.0 Å². The van der Waals surface area contributed by atoms with Crippen LogP contribution in [-0.4, -0.2) is 34.2 Å². The van der Waals surface area contributed by atoms with E-state index in [2.05, 4.69) is 15.7 Å². The van der Waals surface area contributed by atoms with Crippen molar-refractivity contribution in [2.45, 2.75) is 25.8 Å². The van der Waals surface area contributed by atoms with Gasteiger partial charge in [0.05, 0.1) is 12.3 Å². The minimum Gasteiger partial charge on any atom is -0.494 e. The van der Waals surface area contributed by atoms with E-state index in [4.69, 9.17) is 4.74 Å². The summed E-state index contributed by atoms with van der Waals surface area (Å²) in [4.78, 5) is 25.9. The molecule has 2 atom stereocenters. The van der Waals surface area contributed by atoms with Crippen LogP contribution in [0.3, 0.4) is 0 Å². The lowest BCUT2D eigenvalue weighted by Gasteiger charge is -2.32. The van der Waals surface area contributed by atoms with E-state index in [0.29, 0.717) is 18.0 Å². The molecule has 30 heavy (non-hydrogen) atoms. The molecule has 154 valence electrons. The second-order valence-electron chi connectivity index (χ2n) is 7.26. The van der Waals surface area contributed by atoms with Gasteiger partial charge in [-0.3, -0.25) is 14.3 Å². The fourth-order valence-electron chi connectivity index (χ4n) is 3.97. The normalized spacial score (nSPS) is 17.8. The smallest absolute Gasteiger partial charge is 0.251 e. The number of benzene rings is 2. The molecule has 2 aromatic carbocycles. The molecule has 1 aliphatic rings. The van der Waals surface area contributed by atoms with Crippen LogP contribution in [0.5, 0.6) is 5.75 Å². The van der Waals surface area contributed by atoms with Crippen LogP contribution >= 0.6 is 0 Å². The number of aryl methyl sites for hydroxylation is 2. The molecular formula is C23H24N4O3. The number of amides is 2. The highest BCUT2D eigenvalue weighted by Gasteiger charge is 2.41. The summed E-state index contributed by atoms with van der Waals surface area (Å²) in [7, 11) is 1.80. The molecular weight excluding hydrogens is 380 g/mol. The maximum absolute atomic E-state index is 13.0. The van der Waals surface area contributed by atoms with E-state index in [1.807, 2.05) is 44.2 Å². The zero-order valence-corrected chi connectivity index (χ0v) is 17.2. The predicted molar refractivity (Wildman–Crippen MR) is 114 cm³/mol. The summed E-state index contributed by atoms with van der Waals surface area (Å²) in [5.41, 5.74) is 3.12. The molecule has 4 rings (SSSR count). The van der Waals surface area contributed by atoms with E-state index >= 15 is 0 Å². The van der Waals surface area contributed by atoms with Crippen LogP contribution in [0, 0.1) is 6.92 Å². The van der Waals surface area contributed by atoms with E-state index in [0.717, 1.165) is 22.6 Å². The van der Waals surface area contributed by atoms with Crippen LogP contribution in [0.1, 0.15) is 40.0 Å². The molecule has 0 saturated heterocycles. The Morgan fingerprint density at radius 3 is 2.53 bits per heavy atom. The fourth-order valence-corrected chi connectivity index (χ4v) is 3.97. The quantitative estimate of drug-likeness (QED) is 0.685. The summed E-state index contributed by atoms with van der Waals surface area (Å²) in [6, 6.07) is 15.7. The zero-order valence-electron chi connectivity index (χ0n) is 17.2. The first-order valence-electron chi connectivity index (χ1n) is 9.92. The number of hydrogen-bond donors (Lipinski definition) is 2. The van der Waals surface area contributed by atoms with Gasteiger partial charge in [0.1, 0.15) is 17.6 Å². The van der Waals surface area contributed by atoms with Gasteiger partial charge in [0.15, 0.2) is 0 Å². The second-order valence-corrected chi connectivity index (χ2v) is 7.26. The number of carbonyl (C=O) groups is 2. The Labute approximate surface area is 175 Å². The molecule has 2 heterocycles. The molecule has 0 unspecified atom stereocenters. The van der Waals surface area contributed by atoms with Crippen molar-refractivity contribution in [1.29, 1.82) is 0 Å². The molecule has 3 aromatic rings. The molecule has 0 spiro atoms. The standard InChI is InChI=1S/C23H24N4O3/c1-4-30-17-12-10-15(11-13-17)19-18-14(2)26-27(3)21(18)25-23(29)20(19)24-22(28)16-8-6-5-7-9-16/h5-13,19-20H,4H2,1-3H3,(H,24,28)(H,25,29)/t19-,20+/m1/s1. The van der Waals surface area contributed by atoms with Crippen molar-refractivity contribution >= 4 is 17.6 Å². The van der Waals surface area contributed by atoms with Crippen LogP contribution in [0.2, 0.25) is 0 Å². The van der Waals surface area contributed by atoms with Crippen LogP contribution in [-0.2, 0) is 11.8 Å². The van der Waals surface area contributed by atoms with Crippen molar-refractivity contribution in [3.8, 4) is 5.75 Å². The number of hydrogen-bond acceptors (Lipinski definition) is 4. The first kappa shape index (κ1) is 19.7. The van der Waals surface area contributed by atoms with E-state index in [9.17, 15) is 9.59 Å². The third kappa shape index (κ3) is 3.54. The third-order valence-corrected chi connectivity index (χ3v) is 5.31. The van der Waals surface area contributed by atoms with Gasteiger partial charge in [0.2, 0.25) is 5.91 Å². The average Bonchev–Trinajstić information content (AvgIpc) is 3.03. The van der Waals surface area contributed by atoms with Gasteiger partial charge in [0, 0.05) is 24.1 Å². The van der Waals surface area contributed by atoms with Gasteiger partial charge >= 0.3 is 0 Å². The Balaban J connectivity index is 1.76. The molecule has 0 bridgehead atoms. The summed E-state index contributed by atoms with van der Waals surface area (Å²) in [6.07, 6.45) is 0. The van der Waals surface area contributed by atoms with E-state index in [-0.39, 0.29) is 17.7 Å². The van der Waals surface area contributed by atoms with Crippen LogP contribution in [0.4, 0.5) is 5.82 Å². The van der Waals surface area contributed by atoms with Gasteiger partial charge in [0.25, 0.3) is 5.91 Å². The minimum atomic E-state index is -0.772. The highest BCUT2D eigenvalue weighted by Crippen LogP contribution is 2.39. The number of fused-ring (bicyclic) bond motifs is 1. The maximum Gasteiger partial charge on any atom is 0.251 e. The highest BCUT2D eigenvalue weighted by molar-refractivity contribution is 6.03. The SMILES string of the molecule is CCOc1ccc([C@@H]2c3c(C)nn(C)c3NC(=O)[C@H]2NC(=O)c2ccccc2)cc1. The molecule has 1 aromatic heterocycles. The van der Waals surface area contributed by atoms with Gasteiger partial charge in [-0.05, 0) is 43.7 Å². The lowest BCUT2D eigenvalue weighted by Crippen LogP contribution is -2.50. The first-order valence-corrected chi connectivity index (χ1v) is 9.92. The van der Waals surface area contributed by atoms with E-state index < -0.39 is 6.04 Å². The van der Waals surface area contributed by atoms with Crippen molar-refractivity contribution in [2.24, 2.45) is 7.05 Å². The van der Waals surface area contributed by atoms with Gasteiger partial charge in [-0.1, -0.05) is 30.3 Å². The Kier molecular flexibility index (Phi) is 5.27. The Bertz CT molecular complexity index is 1070. The van der Waals surface area contributed by atoms with Crippen LogP contribution in [0.25, 0.3) is 0 Å². The highest BCUT2D eigenvalue weighted by atomic mass is 16.5. The molecule has 1 aliphatic heterocycles. The zero-order chi connectivity index (χ0) is 21.3. The van der Waals surface area contributed by atoms with Crippen molar-refractivity contribution in [1.82, 2.24) is 15.1 Å². The number of rotatable bonds is 5. The largest absolute Gasteiger partial charge is 0.494 e. The topological polar surface area (TPSA) is 85.2 Å². The monoisotopic (exact) mass is 404 g/mol. The molecule has 0 fully saturated rings. The number of carbonyl (C=O) groups excluding carboxylic acids is 2. The number of anilines is 1. The summed E-state index contributed by atoms with van der Waals surface area (Å²) < 4.78 is 7.22. The Morgan fingerprint density at radius 2 is 1.87 bits per heavy atom. The van der Waals surface area contributed by atoms with E-state index in [1.54, 1.807) is 36.0 Å². The second kappa shape index (κ2) is 8.02. The van der Waals surface area contributed by atoms with Gasteiger partial charge in [-0.15, -0.1) is 0 Å². The van der Waals surface area contributed by atoms with Gasteiger partial charge in [-0.25, -0.2) is 0 Å². The molecule has 0 saturated carbocycles. The number of ether oxygens (including phenoxy) is 1. The van der Waals surface area contributed by atoms with Gasteiger partial charge in [-0.2, -0.15) is 5.10 Å². The van der Waals surface area contributed by atoms with E-state index in [1.165, 1.54) is 0 Å². The Morgan fingerprint density at radius 1 is 1.17 bits per heavy atom. The van der Waals surface area contributed by atoms with Crippen molar-refractivity contribution < 1.29 is 14.3 Å². The minimum absolute atomic E-state index is 0.270. The van der Waals surface area contributed by atoms with Crippen molar-refractivity contribution in [3.63, 3.8) is 0 Å². The van der Waals surface area contributed by atoms with Crippen LogP contribution < -0.4 is 15.4 Å². The molecule has 7 heteroatoms. The number of aromatic nitrogens is 2. The fraction of sp³-hybridized carbons (Fsp3) is 0.261. The molecule has 0 radical (unpaired) electrons. The third-order valence-electron chi connectivity index (χ3n) is 5.31. The molecule has 7 nitrogen and oxygen atoms in total. The lowest BCUT2D eigenvalue weighted by molar-refractivity contribution is -0.118. The summed E-state index contributed by atoms with van der Waals surface area (Å²) in [6.45, 7) is 4.42. The van der Waals surface area contributed by atoms with Gasteiger partial charge < -0.3 is 15.4 Å². The van der Waals surface area contributed by atoms with Crippen molar-refractivity contribution in [2.75, 3.05) is 11.9 Å². The summed E-state index contributed by atoms with van der Waals surface area (Å²) in [5.74, 6) is 0.479. The number of nitrogens with one attached hydrogen (secondary N) is 2. The van der Waals surface area contributed by atoms with Crippen LogP contribution in [0.15, 0.2) is 54.6 Å². The Hall–Kier alpha value is -3.61. The maximum atomic E-state index is 13.0. The average molecular weight is 404 g/mol. The molecule has 2 N–H and O–H groups in total. The lowest BCUT2D eigenvalue weighted by atomic mass is 9.82. The predicted octanol–water partition coefficient (Wildman–Crippen LogP) is 3.01.